The third kappa shape index (κ3) is 5.02. The van der Waals surface area contributed by atoms with E-state index in [4.69, 9.17) is 5.41 Å². The lowest BCUT2D eigenvalue weighted by atomic mass is 10.0. The van der Waals surface area contributed by atoms with Crippen molar-refractivity contribution in [2.45, 2.75) is 11.8 Å². The van der Waals surface area contributed by atoms with Crippen molar-refractivity contribution in [3.63, 3.8) is 0 Å². The van der Waals surface area contributed by atoms with Gasteiger partial charge in [-0.05, 0) is 37.3 Å². The molecule has 3 N–H and O–H groups in total. The first-order valence-corrected chi connectivity index (χ1v) is 9.81. The summed E-state index contributed by atoms with van der Waals surface area (Å²) in [6, 6.07) is 14.3. The molecule has 0 aliphatic carbocycles. The van der Waals surface area contributed by atoms with Gasteiger partial charge in [-0.15, -0.1) is 0 Å². The molecule has 1 atom stereocenters. The van der Waals surface area contributed by atoms with Crippen LogP contribution in [0.4, 0.5) is 11.4 Å². The van der Waals surface area contributed by atoms with Crippen molar-refractivity contribution >= 4 is 38.9 Å². The average molecular weight is 402 g/mol. The zero-order valence-corrected chi connectivity index (χ0v) is 16.6. The second-order valence-electron chi connectivity index (χ2n) is 6.28. The Morgan fingerprint density at radius 3 is 2.00 bits per heavy atom. The van der Waals surface area contributed by atoms with Crippen LogP contribution in [0.25, 0.3) is 0 Å². The molecule has 0 heterocycles. The highest BCUT2D eigenvalue weighted by atomic mass is 32.2. The molecule has 0 aromatic heterocycles. The highest BCUT2D eigenvalue weighted by Crippen LogP contribution is 2.19. The Kier molecular flexibility index (Phi) is 6.66. The first-order chi connectivity index (χ1) is 13.1. The van der Waals surface area contributed by atoms with Gasteiger partial charge < -0.3 is 16.0 Å². The molecule has 1 unspecified atom stereocenters. The smallest absolute Gasteiger partial charge is 0.242 e. The summed E-state index contributed by atoms with van der Waals surface area (Å²) in [6.07, 6.45) is 0. The minimum Gasteiger partial charge on any atom is -0.325 e. The fourth-order valence-electron chi connectivity index (χ4n) is 2.41. The van der Waals surface area contributed by atoms with Crippen LogP contribution >= 0.6 is 0 Å². The fourth-order valence-corrected chi connectivity index (χ4v) is 3.36. The van der Waals surface area contributed by atoms with Crippen LogP contribution in [0.2, 0.25) is 0 Å². The molecule has 0 aliphatic heterocycles. The Bertz CT molecular complexity index is 988. The Morgan fingerprint density at radius 2 is 1.46 bits per heavy atom. The van der Waals surface area contributed by atoms with Crippen molar-refractivity contribution in [1.82, 2.24) is 4.31 Å². The summed E-state index contributed by atoms with van der Waals surface area (Å²) in [5, 5.41) is 12.9. The molecule has 2 amide bonds. The molecule has 2 aromatic rings. The Labute approximate surface area is 164 Å². The molecular formula is C19H22N4O4S. The molecule has 9 heteroatoms. The van der Waals surface area contributed by atoms with Gasteiger partial charge in [0.2, 0.25) is 21.8 Å². The highest BCUT2D eigenvalue weighted by molar-refractivity contribution is 7.89. The van der Waals surface area contributed by atoms with Crippen LogP contribution in [0.3, 0.4) is 0 Å². The largest absolute Gasteiger partial charge is 0.325 e. The Hall–Kier alpha value is -3.04. The van der Waals surface area contributed by atoms with E-state index in [2.05, 4.69) is 10.6 Å². The van der Waals surface area contributed by atoms with Crippen LogP contribution < -0.4 is 10.6 Å². The second kappa shape index (κ2) is 8.77. The summed E-state index contributed by atoms with van der Waals surface area (Å²) in [6.45, 7) is 1.36. The van der Waals surface area contributed by atoms with Gasteiger partial charge in [-0.25, -0.2) is 12.7 Å². The van der Waals surface area contributed by atoms with Crippen LogP contribution in [-0.2, 0) is 19.6 Å². The number of amides is 2. The quantitative estimate of drug-likeness (QED) is 0.486. The van der Waals surface area contributed by atoms with E-state index in [1.807, 2.05) is 0 Å². The van der Waals surface area contributed by atoms with E-state index >= 15 is 0 Å². The summed E-state index contributed by atoms with van der Waals surface area (Å²) in [5.74, 6) is -2.72. The molecule has 0 saturated heterocycles. The predicted octanol–water partition coefficient (Wildman–Crippen LogP) is 2.17. The molecular weight excluding hydrogens is 380 g/mol. The van der Waals surface area contributed by atoms with E-state index in [0.29, 0.717) is 5.69 Å². The molecule has 28 heavy (non-hydrogen) atoms. The summed E-state index contributed by atoms with van der Waals surface area (Å²) >= 11 is 0. The summed E-state index contributed by atoms with van der Waals surface area (Å²) < 4.78 is 25.5. The van der Waals surface area contributed by atoms with Gasteiger partial charge in [-0.2, -0.15) is 0 Å². The Morgan fingerprint density at radius 1 is 0.929 bits per heavy atom. The monoisotopic (exact) mass is 402 g/mol. The maximum absolute atomic E-state index is 12.6. The average Bonchev–Trinajstić information content (AvgIpc) is 2.62. The topological polar surface area (TPSA) is 119 Å². The van der Waals surface area contributed by atoms with E-state index in [1.54, 1.807) is 30.3 Å². The number of hydrogen-bond donors (Lipinski definition) is 3. The molecule has 0 saturated carbocycles. The van der Waals surface area contributed by atoms with Crippen molar-refractivity contribution in [2.24, 2.45) is 5.92 Å². The van der Waals surface area contributed by atoms with Gasteiger partial charge in [0, 0.05) is 31.2 Å². The van der Waals surface area contributed by atoms with E-state index < -0.39 is 27.8 Å². The predicted molar refractivity (Wildman–Crippen MR) is 108 cm³/mol. The molecule has 0 spiro atoms. The number of rotatable bonds is 7. The molecule has 0 radical (unpaired) electrons. The molecule has 0 aliphatic rings. The molecule has 2 aromatic carbocycles. The van der Waals surface area contributed by atoms with Crippen LogP contribution in [-0.4, -0.2) is 44.3 Å². The summed E-state index contributed by atoms with van der Waals surface area (Å²) in [4.78, 5) is 25.1. The summed E-state index contributed by atoms with van der Waals surface area (Å²) in [7, 11) is -0.857. The highest BCUT2D eigenvalue weighted by Gasteiger charge is 2.29. The second-order valence-corrected chi connectivity index (χ2v) is 8.43. The molecule has 148 valence electrons. The lowest BCUT2D eigenvalue weighted by Gasteiger charge is -2.17. The van der Waals surface area contributed by atoms with Crippen LogP contribution in [0.5, 0.6) is 0 Å². The number of para-hydroxylation sites is 1. The number of carbonyl (C=O) groups excluding carboxylic acids is 2. The minimum atomic E-state index is -3.67. The molecule has 8 nitrogen and oxygen atoms in total. The van der Waals surface area contributed by atoms with Crippen molar-refractivity contribution < 1.29 is 18.0 Å². The van der Waals surface area contributed by atoms with Crippen molar-refractivity contribution in [3.05, 3.63) is 54.6 Å². The van der Waals surface area contributed by atoms with E-state index in [-0.39, 0.29) is 16.3 Å². The number of carbonyl (C=O) groups is 2. The van der Waals surface area contributed by atoms with Crippen LogP contribution in [0, 0.1) is 11.3 Å². The van der Waals surface area contributed by atoms with Gasteiger partial charge in [-0.3, -0.25) is 9.59 Å². The molecule has 0 fully saturated rings. The number of hydrogen-bond acceptors (Lipinski definition) is 5. The number of anilines is 2. The minimum absolute atomic E-state index is 0.00663. The third-order valence-electron chi connectivity index (χ3n) is 3.88. The van der Waals surface area contributed by atoms with E-state index in [0.717, 1.165) is 4.31 Å². The van der Waals surface area contributed by atoms with Gasteiger partial charge >= 0.3 is 0 Å². The zero-order valence-electron chi connectivity index (χ0n) is 15.8. The van der Waals surface area contributed by atoms with Crippen LogP contribution in [0.15, 0.2) is 59.5 Å². The normalized spacial score (nSPS) is 12.3. The molecule has 0 bridgehead atoms. The molecule has 2 rings (SSSR count). The van der Waals surface area contributed by atoms with E-state index in [9.17, 15) is 18.0 Å². The van der Waals surface area contributed by atoms with Crippen molar-refractivity contribution in [1.29, 1.82) is 5.41 Å². The van der Waals surface area contributed by atoms with Gasteiger partial charge in [0.25, 0.3) is 0 Å². The zero-order chi connectivity index (χ0) is 20.9. The summed E-state index contributed by atoms with van der Waals surface area (Å²) in [5.41, 5.74) is 0.584. The maximum Gasteiger partial charge on any atom is 0.242 e. The van der Waals surface area contributed by atoms with Gasteiger partial charge in [0.1, 0.15) is 0 Å². The SMILES string of the molecule is CC(=N)C(C(=O)Nc1ccccc1)C(=O)Nc1cccc(S(=O)(=O)N(C)C)c1. The van der Waals surface area contributed by atoms with Crippen LogP contribution in [0.1, 0.15) is 6.92 Å². The lowest BCUT2D eigenvalue weighted by molar-refractivity contribution is -0.126. The third-order valence-corrected chi connectivity index (χ3v) is 5.69. The number of nitrogens with zero attached hydrogens (tertiary/aromatic N) is 1. The standard InChI is InChI=1S/C19H22N4O4S/c1-13(20)17(18(24)21-14-8-5-4-6-9-14)19(25)22-15-10-7-11-16(12-15)28(26,27)23(2)3/h4-12,17,20H,1-3H3,(H,21,24)(H,22,25). The van der Waals surface area contributed by atoms with Gasteiger partial charge in [0.15, 0.2) is 5.92 Å². The first kappa shape index (κ1) is 21.3. The van der Waals surface area contributed by atoms with Gasteiger partial charge in [0.05, 0.1) is 4.90 Å². The Balaban J connectivity index is 2.21. The number of nitrogens with one attached hydrogen (secondary N) is 3. The number of sulfonamides is 1. The fraction of sp³-hybridized carbons (Fsp3) is 0.211. The maximum atomic E-state index is 12.6. The van der Waals surface area contributed by atoms with Crippen molar-refractivity contribution in [3.8, 4) is 0 Å². The first-order valence-electron chi connectivity index (χ1n) is 8.37. The van der Waals surface area contributed by atoms with Crippen molar-refractivity contribution in [2.75, 3.05) is 24.7 Å². The lowest BCUT2D eigenvalue weighted by Crippen LogP contribution is -2.38. The number of benzene rings is 2. The van der Waals surface area contributed by atoms with Gasteiger partial charge in [-0.1, -0.05) is 24.3 Å². The van der Waals surface area contributed by atoms with E-state index in [1.165, 1.54) is 45.3 Å².